The van der Waals surface area contributed by atoms with Crippen molar-refractivity contribution in [3.8, 4) is 0 Å². The van der Waals surface area contributed by atoms with E-state index < -0.39 is 0 Å². The van der Waals surface area contributed by atoms with E-state index in [2.05, 4.69) is 22.6 Å². The first-order valence-corrected chi connectivity index (χ1v) is 4.90. The van der Waals surface area contributed by atoms with Crippen molar-refractivity contribution in [1.29, 1.82) is 0 Å². The van der Waals surface area contributed by atoms with Crippen LogP contribution in [0.25, 0.3) is 0 Å². The molecule has 7 heavy (non-hydrogen) atoms. The maximum atomic E-state index is 10.3. The zero-order chi connectivity index (χ0) is 5.70. The molecule has 1 atom stereocenters. The average Bonchev–Trinajstić information content (AvgIpc) is 1.61. The van der Waals surface area contributed by atoms with Crippen LogP contribution in [-0.4, -0.2) is 8.54 Å². The van der Waals surface area contributed by atoms with Gasteiger partial charge in [0.1, 0.15) is 4.11 Å². The number of halogens is 2. The highest BCUT2D eigenvalue weighted by molar-refractivity contribution is 14.1. The van der Waals surface area contributed by atoms with E-state index >= 15 is 0 Å². The van der Waals surface area contributed by atoms with E-state index in [4.69, 9.17) is 0 Å². The summed E-state index contributed by atoms with van der Waals surface area (Å²) in [6.45, 7) is 0. The number of rotatable bonds is 3. The van der Waals surface area contributed by atoms with Crippen molar-refractivity contribution in [2.45, 2.75) is 17.0 Å². The molecule has 0 saturated heterocycles. The predicted octanol–water partition coefficient (Wildman–Crippen LogP) is 2.39. The second kappa shape index (κ2) is 5.55. The van der Waals surface area contributed by atoms with Gasteiger partial charge in [0.25, 0.3) is 0 Å². The quantitative estimate of drug-likeness (QED) is 0.561. The molecule has 0 aliphatic carbocycles. The van der Waals surface area contributed by atoms with Crippen LogP contribution < -0.4 is 0 Å². The Morgan fingerprint density at radius 2 is 2.14 bits per heavy atom. The number of alkyl halides is 2. The van der Waals surface area contributed by atoms with Crippen LogP contribution in [0.2, 0.25) is 0 Å². The lowest BCUT2D eigenvalue weighted by molar-refractivity contribution is 0.171. The Labute approximate surface area is 71.2 Å². The molecule has 0 fully saturated rings. The maximum absolute atomic E-state index is 10.3. The Hall–Kier alpha value is 1.42. The first kappa shape index (κ1) is 8.42. The lowest BCUT2D eigenvalue weighted by Crippen LogP contribution is -1.90. The molecule has 43 valence electrons. The van der Waals surface area contributed by atoms with Crippen LogP contribution in [0, 0.1) is 0 Å². The van der Waals surface area contributed by atoms with Gasteiger partial charge in [-0.05, 0) is 39.9 Å². The fraction of sp³-hybridized carbons (Fsp3) is 1.00. The van der Waals surface area contributed by atoms with Gasteiger partial charge in [0.05, 0.1) is 0 Å². The van der Waals surface area contributed by atoms with Gasteiger partial charge in [-0.15, -0.1) is 0 Å². The normalized spacial score (nSPS) is 14.1. The summed E-state index contributed by atoms with van der Waals surface area (Å²) in [5, 5.41) is 10.3. The molecular weight excluding hydrogens is 318 g/mol. The van der Waals surface area contributed by atoms with Crippen molar-refractivity contribution in [3.63, 3.8) is 0 Å². The van der Waals surface area contributed by atoms with Gasteiger partial charge in [-0.2, -0.15) is 0 Å². The van der Waals surface area contributed by atoms with E-state index in [0.29, 0.717) is 0 Å². The summed E-state index contributed by atoms with van der Waals surface area (Å²) in [5.41, 5.74) is 0. The summed E-state index contributed by atoms with van der Waals surface area (Å²) in [6.07, 6.45) is 1.89. The molecular formula is C4H7I2O. The zero-order valence-electron chi connectivity index (χ0n) is 3.86. The van der Waals surface area contributed by atoms with Crippen LogP contribution in [0.1, 0.15) is 12.8 Å². The Bertz CT molecular complexity index is 38.7. The summed E-state index contributed by atoms with van der Waals surface area (Å²) < 4.78 is 0.729. The molecule has 0 aromatic rings. The van der Waals surface area contributed by atoms with Gasteiger partial charge in [-0.1, -0.05) is 22.6 Å². The molecule has 0 heterocycles. The zero-order valence-corrected chi connectivity index (χ0v) is 8.18. The van der Waals surface area contributed by atoms with Crippen LogP contribution in [-0.2, 0) is 5.11 Å². The molecule has 0 aliphatic heterocycles. The third-order valence-corrected chi connectivity index (χ3v) is 1.95. The summed E-state index contributed by atoms with van der Waals surface area (Å²) in [5.74, 6) is 0. The molecule has 0 aliphatic rings. The van der Waals surface area contributed by atoms with Crippen LogP contribution in [0.5, 0.6) is 0 Å². The third-order valence-electron chi connectivity index (χ3n) is 0.565. The first-order chi connectivity index (χ1) is 3.27. The van der Waals surface area contributed by atoms with Gasteiger partial charge in [0, 0.05) is 0 Å². The van der Waals surface area contributed by atoms with Gasteiger partial charge in [-0.25, -0.2) is 5.11 Å². The minimum absolute atomic E-state index is 0.382. The Balaban J connectivity index is 2.68. The van der Waals surface area contributed by atoms with E-state index in [1.807, 2.05) is 22.6 Å². The van der Waals surface area contributed by atoms with Crippen LogP contribution in [0.3, 0.4) is 0 Å². The Morgan fingerprint density at radius 1 is 1.57 bits per heavy atom. The smallest absolute Gasteiger partial charge is 0.144 e. The fourth-order valence-corrected chi connectivity index (χ4v) is 1.12. The highest BCUT2D eigenvalue weighted by Crippen LogP contribution is 2.05. The summed E-state index contributed by atoms with van der Waals surface area (Å²) in [4.78, 5) is 0. The van der Waals surface area contributed by atoms with E-state index in [1.165, 1.54) is 0 Å². The molecule has 0 aromatic heterocycles. The topological polar surface area (TPSA) is 19.9 Å². The largest absolute Gasteiger partial charge is 0.222 e. The van der Waals surface area contributed by atoms with Crippen molar-refractivity contribution in [1.82, 2.24) is 0 Å². The van der Waals surface area contributed by atoms with E-state index in [1.54, 1.807) is 0 Å². The Kier molecular flexibility index (Phi) is 6.68. The molecule has 0 rings (SSSR count). The van der Waals surface area contributed by atoms with Crippen LogP contribution in [0.15, 0.2) is 0 Å². The standard InChI is InChI=1S/C4H7I2O/c5-3-1-2-4(6)7/h4H,1-3H2. The van der Waals surface area contributed by atoms with Crippen LogP contribution >= 0.6 is 45.2 Å². The van der Waals surface area contributed by atoms with Crippen molar-refractivity contribution in [2.75, 3.05) is 4.43 Å². The third kappa shape index (κ3) is 7.42. The number of hydrogen-bond acceptors (Lipinski definition) is 0. The molecule has 3 heteroatoms. The molecule has 0 amide bonds. The lowest BCUT2D eigenvalue weighted by atomic mass is 10.4. The summed E-state index contributed by atoms with van der Waals surface area (Å²) >= 11 is 4.19. The van der Waals surface area contributed by atoms with Gasteiger partial charge >= 0.3 is 0 Å². The van der Waals surface area contributed by atoms with Crippen molar-refractivity contribution >= 4 is 45.2 Å². The van der Waals surface area contributed by atoms with Crippen molar-refractivity contribution in [3.05, 3.63) is 0 Å². The van der Waals surface area contributed by atoms with Gasteiger partial charge < -0.3 is 0 Å². The summed E-state index contributed by atoms with van der Waals surface area (Å²) in [6, 6.07) is 0. The Morgan fingerprint density at radius 3 is 2.29 bits per heavy atom. The van der Waals surface area contributed by atoms with Gasteiger partial charge in [0.15, 0.2) is 0 Å². The first-order valence-electron chi connectivity index (χ1n) is 2.13. The average molecular weight is 325 g/mol. The highest BCUT2D eigenvalue weighted by Gasteiger charge is 1.95. The fourth-order valence-electron chi connectivity index (χ4n) is 0.238. The second-order valence-electron chi connectivity index (χ2n) is 1.24. The van der Waals surface area contributed by atoms with E-state index in [0.717, 1.165) is 17.3 Å². The highest BCUT2D eigenvalue weighted by atomic mass is 127. The van der Waals surface area contributed by atoms with E-state index in [9.17, 15) is 5.11 Å². The maximum Gasteiger partial charge on any atom is 0.144 e. The predicted molar refractivity (Wildman–Crippen MR) is 46.6 cm³/mol. The van der Waals surface area contributed by atoms with Crippen molar-refractivity contribution < 1.29 is 5.11 Å². The molecule has 0 saturated carbocycles. The van der Waals surface area contributed by atoms with E-state index in [-0.39, 0.29) is 4.11 Å². The second-order valence-corrected chi connectivity index (χ2v) is 3.71. The number of hydrogen-bond donors (Lipinski definition) is 0. The monoisotopic (exact) mass is 325 g/mol. The van der Waals surface area contributed by atoms with Gasteiger partial charge in [0.2, 0.25) is 0 Å². The molecule has 0 aromatic carbocycles. The van der Waals surface area contributed by atoms with Crippen molar-refractivity contribution in [2.24, 2.45) is 0 Å². The lowest BCUT2D eigenvalue weighted by Gasteiger charge is -1.93. The van der Waals surface area contributed by atoms with Gasteiger partial charge in [-0.3, -0.25) is 0 Å². The molecule has 1 radical (unpaired) electrons. The molecule has 0 N–H and O–H groups in total. The van der Waals surface area contributed by atoms with Crippen LogP contribution in [0.4, 0.5) is 0 Å². The minimum atomic E-state index is -0.382. The molecule has 1 nitrogen and oxygen atoms in total. The summed E-state index contributed by atoms with van der Waals surface area (Å²) in [7, 11) is 0. The minimum Gasteiger partial charge on any atom is -0.222 e. The molecule has 1 unspecified atom stereocenters. The SMILES string of the molecule is [O]C(I)CCCI. The molecule has 0 bridgehead atoms. The molecule has 0 spiro atoms.